The standard InChI is InChI=1S/C21H25F3N2O3/c1-5-28-16-8-9-19(29-11-10-26(3)4)17(13-16)20(27)25-15-7-6-14(2)18(12-15)21(22,23)24/h6-9,12-13H,5,10-11H2,1-4H3,(H,25,27). The first-order chi connectivity index (χ1) is 13.6. The van der Waals surface area contributed by atoms with E-state index in [1.165, 1.54) is 25.1 Å². The molecule has 5 nitrogen and oxygen atoms in total. The van der Waals surface area contributed by atoms with Crippen LogP contribution < -0.4 is 14.8 Å². The van der Waals surface area contributed by atoms with E-state index in [-0.39, 0.29) is 16.8 Å². The van der Waals surface area contributed by atoms with Crippen LogP contribution in [0.4, 0.5) is 18.9 Å². The summed E-state index contributed by atoms with van der Waals surface area (Å²) in [6.07, 6.45) is -4.50. The number of rotatable bonds is 8. The number of benzene rings is 2. The van der Waals surface area contributed by atoms with Crippen LogP contribution in [-0.4, -0.2) is 44.7 Å². The number of carbonyl (C=O) groups excluding carboxylic acids is 1. The van der Waals surface area contributed by atoms with Crippen molar-refractivity contribution in [2.75, 3.05) is 39.2 Å². The SMILES string of the molecule is CCOc1ccc(OCCN(C)C)c(C(=O)Nc2ccc(C)c(C(F)(F)F)c2)c1. The van der Waals surface area contributed by atoms with E-state index in [0.717, 1.165) is 6.07 Å². The lowest BCUT2D eigenvalue weighted by molar-refractivity contribution is -0.138. The Kier molecular flexibility index (Phi) is 7.50. The van der Waals surface area contributed by atoms with Crippen LogP contribution in [0, 0.1) is 6.92 Å². The van der Waals surface area contributed by atoms with Crippen molar-refractivity contribution in [3.8, 4) is 11.5 Å². The summed E-state index contributed by atoms with van der Waals surface area (Å²) in [7, 11) is 3.79. The molecule has 1 N–H and O–H groups in total. The molecule has 1 amide bonds. The molecular formula is C21H25F3N2O3. The Labute approximate surface area is 168 Å². The van der Waals surface area contributed by atoms with E-state index < -0.39 is 17.6 Å². The molecule has 2 aromatic rings. The third-order valence-corrected chi connectivity index (χ3v) is 4.10. The Bertz CT molecular complexity index is 852. The number of amides is 1. The molecule has 0 atom stereocenters. The molecule has 0 aliphatic carbocycles. The topological polar surface area (TPSA) is 50.8 Å². The summed E-state index contributed by atoms with van der Waals surface area (Å²) >= 11 is 0. The number of likely N-dealkylation sites (N-methyl/N-ethyl adjacent to an activating group) is 1. The molecule has 0 saturated heterocycles. The molecule has 2 aromatic carbocycles. The Balaban J connectivity index is 2.29. The molecule has 0 spiro atoms. The molecule has 2 rings (SSSR count). The molecule has 0 unspecified atom stereocenters. The van der Waals surface area contributed by atoms with Gasteiger partial charge in [0.25, 0.3) is 5.91 Å². The maximum atomic E-state index is 13.1. The normalized spacial score (nSPS) is 11.4. The predicted molar refractivity (Wildman–Crippen MR) is 106 cm³/mol. The van der Waals surface area contributed by atoms with E-state index in [9.17, 15) is 18.0 Å². The quantitative estimate of drug-likeness (QED) is 0.691. The Morgan fingerprint density at radius 2 is 1.83 bits per heavy atom. The van der Waals surface area contributed by atoms with Crippen LogP contribution in [0.3, 0.4) is 0 Å². The number of ether oxygens (including phenoxy) is 2. The second-order valence-electron chi connectivity index (χ2n) is 6.72. The largest absolute Gasteiger partial charge is 0.494 e. The van der Waals surface area contributed by atoms with Crippen LogP contribution in [0.5, 0.6) is 11.5 Å². The van der Waals surface area contributed by atoms with Gasteiger partial charge in [-0.15, -0.1) is 0 Å². The first-order valence-electron chi connectivity index (χ1n) is 9.15. The number of nitrogens with one attached hydrogen (secondary N) is 1. The zero-order valence-electron chi connectivity index (χ0n) is 16.9. The summed E-state index contributed by atoms with van der Waals surface area (Å²) in [6, 6.07) is 8.49. The second-order valence-corrected chi connectivity index (χ2v) is 6.72. The fourth-order valence-electron chi connectivity index (χ4n) is 2.61. The molecule has 0 saturated carbocycles. The smallest absolute Gasteiger partial charge is 0.416 e. The maximum Gasteiger partial charge on any atom is 0.416 e. The van der Waals surface area contributed by atoms with E-state index in [2.05, 4.69) is 5.32 Å². The monoisotopic (exact) mass is 410 g/mol. The molecule has 0 aliphatic rings. The summed E-state index contributed by atoms with van der Waals surface area (Å²) in [5, 5.41) is 2.52. The van der Waals surface area contributed by atoms with Crippen molar-refractivity contribution in [1.82, 2.24) is 4.90 Å². The molecule has 8 heteroatoms. The van der Waals surface area contributed by atoms with Gasteiger partial charge >= 0.3 is 6.18 Å². The minimum absolute atomic E-state index is 0.0500. The molecule has 0 aromatic heterocycles. The van der Waals surface area contributed by atoms with Gasteiger partial charge in [-0.05, 0) is 63.8 Å². The van der Waals surface area contributed by atoms with Gasteiger partial charge < -0.3 is 19.7 Å². The van der Waals surface area contributed by atoms with Gasteiger partial charge in [0.1, 0.15) is 18.1 Å². The second kappa shape index (κ2) is 9.65. The molecule has 0 heterocycles. The lowest BCUT2D eigenvalue weighted by atomic mass is 10.1. The van der Waals surface area contributed by atoms with E-state index in [0.29, 0.717) is 31.3 Å². The van der Waals surface area contributed by atoms with Gasteiger partial charge in [-0.25, -0.2) is 0 Å². The highest BCUT2D eigenvalue weighted by Crippen LogP contribution is 2.34. The van der Waals surface area contributed by atoms with Crippen molar-refractivity contribution in [3.05, 3.63) is 53.1 Å². The van der Waals surface area contributed by atoms with Gasteiger partial charge in [0.2, 0.25) is 0 Å². The first-order valence-corrected chi connectivity index (χ1v) is 9.15. The summed E-state index contributed by atoms with van der Waals surface area (Å²) in [6.45, 7) is 4.59. The summed E-state index contributed by atoms with van der Waals surface area (Å²) in [4.78, 5) is 14.7. The van der Waals surface area contributed by atoms with E-state index in [1.54, 1.807) is 12.1 Å². The fraction of sp³-hybridized carbons (Fsp3) is 0.381. The van der Waals surface area contributed by atoms with Crippen LogP contribution in [0.25, 0.3) is 0 Å². The van der Waals surface area contributed by atoms with E-state index in [4.69, 9.17) is 9.47 Å². The number of alkyl halides is 3. The highest BCUT2D eigenvalue weighted by Gasteiger charge is 2.32. The average molecular weight is 410 g/mol. The average Bonchev–Trinajstić information content (AvgIpc) is 2.63. The van der Waals surface area contributed by atoms with Gasteiger partial charge in [0.05, 0.1) is 17.7 Å². The molecule has 0 bridgehead atoms. The summed E-state index contributed by atoms with van der Waals surface area (Å²) in [5.74, 6) is 0.219. The van der Waals surface area contributed by atoms with Crippen molar-refractivity contribution in [1.29, 1.82) is 0 Å². The maximum absolute atomic E-state index is 13.1. The third-order valence-electron chi connectivity index (χ3n) is 4.10. The predicted octanol–water partition coefficient (Wildman–Crippen LogP) is 4.61. The highest BCUT2D eigenvalue weighted by molar-refractivity contribution is 6.06. The fourth-order valence-corrected chi connectivity index (χ4v) is 2.61. The van der Waals surface area contributed by atoms with Gasteiger partial charge in [0, 0.05) is 12.2 Å². The van der Waals surface area contributed by atoms with Gasteiger partial charge in [-0.2, -0.15) is 13.2 Å². The number of anilines is 1. The molecular weight excluding hydrogens is 385 g/mol. The van der Waals surface area contributed by atoms with Crippen LogP contribution in [0.15, 0.2) is 36.4 Å². The lowest BCUT2D eigenvalue weighted by Crippen LogP contribution is -2.21. The number of hydrogen-bond donors (Lipinski definition) is 1. The first kappa shape index (κ1) is 22.5. The number of nitrogens with zero attached hydrogens (tertiary/aromatic N) is 1. The van der Waals surface area contributed by atoms with Gasteiger partial charge in [0.15, 0.2) is 0 Å². The number of halogens is 3. The number of carbonyl (C=O) groups is 1. The third kappa shape index (κ3) is 6.39. The Hall–Kier alpha value is -2.74. The minimum atomic E-state index is -4.50. The highest BCUT2D eigenvalue weighted by atomic mass is 19.4. The Morgan fingerprint density at radius 3 is 2.45 bits per heavy atom. The minimum Gasteiger partial charge on any atom is -0.494 e. The number of aryl methyl sites for hydroxylation is 1. The van der Waals surface area contributed by atoms with Crippen LogP contribution in [0.1, 0.15) is 28.4 Å². The van der Waals surface area contributed by atoms with Crippen molar-refractivity contribution in [2.24, 2.45) is 0 Å². The zero-order chi connectivity index (χ0) is 21.6. The van der Waals surface area contributed by atoms with Crippen LogP contribution in [-0.2, 0) is 6.18 Å². The molecule has 0 aliphatic heterocycles. The van der Waals surface area contributed by atoms with Crippen LogP contribution in [0.2, 0.25) is 0 Å². The van der Waals surface area contributed by atoms with E-state index in [1.807, 2.05) is 25.9 Å². The van der Waals surface area contributed by atoms with E-state index >= 15 is 0 Å². The molecule has 0 radical (unpaired) electrons. The summed E-state index contributed by atoms with van der Waals surface area (Å²) in [5.41, 5.74) is -0.472. The van der Waals surface area contributed by atoms with Gasteiger partial charge in [-0.3, -0.25) is 4.79 Å². The van der Waals surface area contributed by atoms with Crippen molar-refractivity contribution >= 4 is 11.6 Å². The zero-order valence-corrected chi connectivity index (χ0v) is 16.9. The van der Waals surface area contributed by atoms with Crippen molar-refractivity contribution in [3.63, 3.8) is 0 Å². The molecule has 29 heavy (non-hydrogen) atoms. The van der Waals surface area contributed by atoms with Crippen molar-refractivity contribution in [2.45, 2.75) is 20.0 Å². The van der Waals surface area contributed by atoms with Crippen molar-refractivity contribution < 1.29 is 27.4 Å². The molecule has 0 fully saturated rings. The molecule has 158 valence electrons. The lowest BCUT2D eigenvalue weighted by Gasteiger charge is -2.16. The van der Waals surface area contributed by atoms with Crippen LogP contribution >= 0.6 is 0 Å². The van der Waals surface area contributed by atoms with Gasteiger partial charge in [-0.1, -0.05) is 6.07 Å². The number of hydrogen-bond acceptors (Lipinski definition) is 4. The summed E-state index contributed by atoms with van der Waals surface area (Å²) < 4.78 is 50.6. The Morgan fingerprint density at radius 1 is 1.10 bits per heavy atom.